The molecular formula is C21H32F3NO3S. The molecule has 29 heavy (non-hydrogen) atoms. The van der Waals surface area contributed by atoms with Crippen molar-refractivity contribution in [2.75, 3.05) is 14.1 Å². The smallest absolute Gasteiger partial charge is 0.380 e. The van der Waals surface area contributed by atoms with Crippen LogP contribution >= 0.6 is 0 Å². The Balaban J connectivity index is 1.49. The van der Waals surface area contributed by atoms with Crippen molar-refractivity contribution < 1.29 is 25.8 Å². The highest BCUT2D eigenvalue weighted by molar-refractivity contribution is 7.87. The van der Waals surface area contributed by atoms with E-state index in [1.54, 1.807) is 6.08 Å². The lowest BCUT2D eigenvalue weighted by molar-refractivity contribution is -0.0664. The fourth-order valence-electron chi connectivity index (χ4n) is 7.12. The van der Waals surface area contributed by atoms with Crippen molar-refractivity contribution in [3.63, 3.8) is 0 Å². The Labute approximate surface area is 172 Å². The maximum absolute atomic E-state index is 12.8. The normalized spacial score (nSPS) is 42.7. The second-order valence-electron chi connectivity index (χ2n) is 10.1. The lowest BCUT2D eigenvalue weighted by atomic mass is 9.50. The van der Waals surface area contributed by atoms with E-state index in [1.165, 1.54) is 25.7 Å². The number of hydrogen-bond acceptors (Lipinski definition) is 4. The molecule has 0 aromatic rings. The van der Waals surface area contributed by atoms with Gasteiger partial charge in [0.05, 0.1) is 0 Å². The van der Waals surface area contributed by atoms with Gasteiger partial charge in [0, 0.05) is 11.5 Å². The molecule has 3 fully saturated rings. The van der Waals surface area contributed by atoms with Gasteiger partial charge in [-0.3, -0.25) is 0 Å². The average molecular weight is 436 g/mol. The SMILES string of the molecule is CN(C)C1CCC2C(CCC3C2CCC2(C)C(OS(=O)(=O)C(F)(F)F)=CCC32)C1. The van der Waals surface area contributed by atoms with Gasteiger partial charge in [-0.15, -0.1) is 0 Å². The van der Waals surface area contributed by atoms with Crippen molar-refractivity contribution in [3.8, 4) is 0 Å². The summed E-state index contributed by atoms with van der Waals surface area (Å²) in [6, 6.07) is 0.655. The fourth-order valence-corrected chi connectivity index (χ4v) is 7.71. The van der Waals surface area contributed by atoms with Crippen LogP contribution in [-0.2, 0) is 14.3 Å². The standard InChI is InChI=1S/C21H32F3NO3S/c1-20-11-10-16-15-7-5-14(25(2)3)12-13(15)4-6-17(16)18(20)8-9-19(20)28-29(26,27)21(22,23)24/h9,13-18H,4-8,10-12H2,1-3H3. The van der Waals surface area contributed by atoms with Crippen LogP contribution in [0.3, 0.4) is 0 Å². The quantitative estimate of drug-likeness (QED) is 0.466. The molecular weight excluding hydrogens is 403 g/mol. The summed E-state index contributed by atoms with van der Waals surface area (Å²) < 4.78 is 66.3. The second kappa shape index (κ2) is 7.14. The zero-order chi connectivity index (χ0) is 21.2. The fraction of sp³-hybridized carbons (Fsp3) is 0.905. The van der Waals surface area contributed by atoms with Crippen LogP contribution in [0.15, 0.2) is 11.8 Å². The predicted molar refractivity (Wildman–Crippen MR) is 104 cm³/mol. The van der Waals surface area contributed by atoms with Crippen molar-refractivity contribution in [2.24, 2.45) is 35.0 Å². The maximum atomic E-state index is 12.8. The van der Waals surface area contributed by atoms with Crippen molar-refractivity contribution in [1.29, 1.82) is 0 Å². The maximum Gasteiger partial charge on any atom is 0.534 e. The van der Waals surface area contributed by atoms with Gasteiger partial charge >= 0.3 is 15.6 Å². The summed E-state index contributed by atoms with van der Waals surface area (Å²) >= 11 is 0. The molecule has 0 saturated heterocycles. The number of alkyl halides is 3. The molecule has 0 aromatic heterocycles. The van der Waals surface area contributed by atoms with E-state index in [0.717, 1.165) is 18.8 Å². The summed E-state index contributed by atoms with van der Waals surface area (Å²) in [5.41, 5.74) is -5.99. The van der Waals surface area contributed by atoms with E-state index in [1.807, 2.05) is 6.92 Å². The molecule has 0 N–H and O–H groups in total. The Bertz CT molecular complexity index is 779. The van der Waals surface area contributed by atoms with E-state index in [-0.39, 0.29) is 11.7 Å². The van der Waals surface area contributed by atoms with Gasteiger partial charge in [0.1, 0.15) is 5.76 Å². The molecule has 0 spiro atoms. The van der Waals surface area contributed by atoms with E-state index in [0.29, 0.717) is 36.6 Å². The highest BCUT2D eigenvalue weighted by atomic mass is 32.2. The van der Waals surface area contributed by atoms with Crippen LogP contribution in [0.4, 0.5) is 13.2 Å². The first-order valence-electron chi connectivity index (χ1n) is 10.8. The number of allylic oxidation sites excluding steroid dienone is 2. The monoisotopic (exact) mass is 435 g/mol. The Kier molecular flexibility index (Phi) is 5.29. The van der Waals surface area contributed by atoms with Gasteiger partial charge in [-0.2, -0.15) is 21.6 Å². The average Bonchev–Trinajstić information content (AvgIpc) is 2.96. The highest BCUT2D eigenvalue weighted by Gasteiger charge is 2.58. The molecule has 3 saturated carbocycles. The van der Waals surface area contributed by atoms with Crippen molar-refractivity contribution in [3.05, 3.63) is 11.8 Å². The molecule has 7 unspecified atom stereocenters. The molecule has 4 aliphatic carbocycles. The van der Waals surface area contributed by atoms with Crippen LogP contribution in [0.1, 0.15) is 58.3 Å². The molecule has 4 nitrogen and oxygen atoms in total. The number of hydrogen-bond donors (Lipinski definition) is 0. The highest BCUT2D eigenvalue weighted by Crippen LogP contribution is 2.63. The third-order valence-corrected chi connectivity index (χ3v) is 9.62. The molecule has 4 aliphatic rings. The molecule has 0 radical (unpaired) electrons. The van der Waals surface area contributed by atoms with Gasteiger partial charge in [0.2, 0.25) is 0 Å². The summed E-state index contributed by atoms with van der Waals surface area (Å²) in [5.74, 6) is 2.73. The Morgan fingerprint density at radius 1 is 1.07 bits per heavy atom. The minimum absolute atomic E-state index is 0.0247. The summed E-state index contributed by atoms with van der Waals surface area (Å²) in [4.78, 5) is 2.34. The van der Waals surface area contributed by atoms with Gasteiger partial charge in [-0.1, -0.05) is 6.92 Å². The molecule has 0 bridgehead atoms. The Morgan fingerprint density at radius 2 is 1.76 bits per heavy atom. The van der Waals surface area contributed by atoms with Crippen LogP contribution < -0.4 is 0 Å². The van der Waals surface area contributed by atoms with Gasteiger partial charge in [-0.25, -0.2) is 0 Å². The summed E-state index contributed by atoms with van der Waals surface area (Å²) in [6.07, 6.45) is 9.88. The molecule has 7 atom stereocenters. The lowest BCUT2D eigenvalue weighted by Gasteiger charge is -2.55. The first-order chi connectivity index (χ1) is 13.4. The van der Waals surface area contributed by atoms with Gasteiger partial charge in [0.25, 0.3) is 0 Å². The van der Waals surface area contributed by atoms with Crippen molar-refractivity contribution in [2.45, 2.75) is 69.8 Å². The van der Waals surface area contributed by atoms with Crippen LogP contribution in [0, 0.1) is 35.0 Å². The molecule has 8 heteroatoms. The van der Waals surface area contributed by atoms with Crippen LogP contribution in [-0.4, -0.2) is 39.0 Å². The predicted octanol–water partition coefficient (Wildman–Crippen LogP) is 4.93. The third-order valence-electron chi connectivity index (χ3n) is 8.65. The number of halogens is 3. The molecule has 0 heterocycles. The van der Waals surface area contributed by atoms with E-state index < -0.39 is 21.0 Å². The van der Waals surface area contributed by atoms with Crippen LogP contribution in [0.2, 0.25) is 0 Å². The van der Waals surface area contributed by atoms with Crippen molar-refractivity contribution in [1.82, 2.24) is 4.90 Å². The van der Waals surface area contributed by atoms with E-state index in [4.69, 9.17) is 0 Å². The Hall–Kier alpha value is -0.760. The number of nitrogens with zero attached hydrogens (tertiary/aromatic N) is 1. The topological polar surface area (TPSA) is 46.6 Å². The zero-order valence-electron chi connectivity index (χ0n) is 17.4. The largest absolute Gasteiger partial charge is 0.534 e. The summed E-state index contributed by atoms with van der Waals surface area (Å²) in [7, 11) is -1.29. The first kappa shape index (κ1) is 21.5. The molecule has 4 rings (SSSR count). The lowest BCUT2D eigenvalue weighted by Crippen LogP contribution is -2.50. The zero-order valence-corrected chi connectivity index (χ0v) is 18.2. The first-order valence-corrected chi connectivity index (χ1v) is 12.2. The minimum atomic E-state index is -5.61. The van der Waals surface area contributed by atoms with E-state index in [9.17, 15) is 21.6 Å². The van der Waals surface area contributed by atoms with E-state index in [2.05, 4.69) is 23.2 Å². The molecule has 0 aliphatic heterocycles. The van der Waals surface area contributed by atoms with Gasteiger partial charge < -0.3 is 9.08 Å². The van der Waals surface area contributed by atoms with E-state index >= 15 is 0 Å². The molecule has 0 aromatic carbocycles. The van der Waals surface area contributed by atoms with Gasteiger partial charge in [-0.05, 0) is 101 Å². The van der Waals surface area contributed by atoms with Crippen LogP contribution in [0.25, 0.3) is 0 Å². The van der Waals surface area contributed by atoms with Gasteiger partial charge in [0.15, 0.2) is 0 Å². The van der Waals surface area contributed by atoms with Crippen molar-refractivity contribution >= 4 is 10.1 Å². The molecule has 0 amide bonds. The summed E-state index contributed by atoms with van der Waals surface area (Å²) in [5, 5.41) is 0. The number of fused-ring (bicyclic) bond motifs is 5. The number of rotatable bonds is 3. The third kappa shape index (κ3) is 3.52. The summed E-state index contributed by atoms with van der Waals surface area (Å²) in [6.45, 7) is 1.91. The molecule has 166 valence electrons. The Morgan fingerprint density at radius 3 is 2.41 bits per heavy atom. The second-order valence-corrected chi connectivity index (χ2v) is 11.6. The minimum Gasteiger partial charge on any atom is -0.380 e. The van der Waals surface area contributed by atoms with Crippen LogP contribution in [0.5, 0.6) is 0 Å².